The van der Waals surface area contributed by atoms with Gasteiger partial charge in [0.15, 0.2) is 5.78 Å². The maximum Gasteiger partial charge on any atom is 0.223 e. The lowest BCUT2D eigenvalue weighted by atomic mass is 10.1. The SMILES string of the molecule is CC(c1ccccc1)N1CC(c2nc3ccccc3n2CC(=O)c2ccc(Cl)cc2)CC1=O. The number of halogens is 1. The molecule has 1 amide bonds. The van der Waals surface area contributed by atoms with Gasteiger partial charge in [0.1, 0.15) is 5.82 Å². The van der Waals surface area contributed by atoms with Crippen LogP contribution in [0.25, 0.3) is 11.0 Å². The Balaban J connectivity index is 1.46. The number of benzene rings is 3. The number of para-hydroxylation sites is 2. The van der Waals surface area contributed by atoms with Crippen LogP contribution in [0.3, 0.4) is 0 Å². The Labute approximate surface area is 197 Å². The fourth-order valence-electron chi connectivity index (χ4n) is 4.63. The van der Waals surface area contributed by atoms with Crippen LogP contribution >= 0.6 is 11.6 Å². The van der Waals surface area contributed by atoms with E-state index in [1.54, 1.807) is 24.3 Å². The van der Waals surface area contributed by atoms with Crippen molar-refractivity contribution in [2.75, 3.05) is 6.54 Å². The van der Waals surface area contributed by atoms with Gasteiger partial charge in [0.25, 0.3) is 0 Å². The van der Waals surface area contributed by atoms with Gasteiger partial charge in [-0.25, -0.2) is 4.98 Å². The summed E-state index contributed by atoms with van der Waals surface area (Å²) in [6.45, 7) is 2.80. The highest BCUT2D eigenvalue weighted by molar-refractivity contribution is 6.30. The van der Waals surface area contributed by atoms with Crippen molar-refractivity contribution in [3.05, 3.63) is 101 Å². The summed E-state index contributed by atoms with van der Waals surface area (Å²) in [5.74, 6) is 0.803. The van der Waals surface area contributed by atoms with E-state index in [0.717, 1.165) is 22.4 Å². The number of aromatic nitrogens is 2. The number of rotatable bonds is 6. The van der Waals surface area contributed by atoms with Crippen LogP contribution in [0, 0.1) is 0 Å². The first-order valence-corrected chi connectivity index (χ1v) is 11.5. The second kappa shape index (κ2) is 8.83. The Morgan fingerprint density at radius 1 is 1.03 bits per heavy atom. The molecule has 4 aromatic rings. The van der Waals surface area contributed by atoms with E-state index in [0.29, 0.717) is 23.6 Å². The zero-order valence-electron chi connectivity index (χ0n) is 18.3. The highest BCUT2D eigenvalue weighted by Crippen LogP contribution is 2.35. The van der Waals surface area contributed by atoms with E-state index in [2.05, 4.69) is 6.92 Å². The molecule has 5 rings (SSSR count). The Bertz CT molecular complexity index is 1310. The molecule has 0 N–H and O–H groups in total. The second-order valence-corrected chi connectivity index (χ2v) is 8.95. The number of carbonyl (C=O) groups excluding carboxylic acids is 2. The molecule has 5 nitrogen and oxygen atoms in total. The minimum Gasteiger partial charge on any atom is -0.335 e. The smallest absolute Gasteiger partial charge is 0.223 e. The van der Waals surface area contributed by atoms with Gasteiger partial charge in [-0.2, -0.15) is 0 Å². The van der Waals surface area contributed by atoms with Crippen molar-refractivity contribution < 1.29 is 9.59 Å². The molecule has 6 heteroatoms. The van der Waals surface area contributed by atoms with Crippen molar-refractivity contribution in [1.82, 2.24) is 14.5 Å². The predicted octanol–water partition coefficient (Wildman–Crippen LogP) is 5.65. The number of likely N-dealkylation sites (tertiary alicyclic amines) is 1. The van der Waals surface area contributed by atoms with Gasteiger partial charge in [0.05, 0.1) is 23.6 Å². The van der Waals surface area contributed by atoms with E-state index in [4.69, 9.17) is 16.6 Å². The molecule has 1 fully saturated rings. The van der Waals surface area contributed by atoms with Crippen molar-refractivity contribution in [2.24, 2.45) is 0 Å². The van der Waals surface area contributed by atoms with Gasteiger partial charge >= 0.3 is 0 Å². The van der Waals surface area contributed by atoms with E-state index in [9.17, 15) is 9.59 Å². The molecule has 0 radical (unpaired) electrons. The molecule has 33 heavy (non-hydrogen) atoms. The number of ketones is 1. The highest BCUT2D eigenvalue weighted by Gasteiger charge is 2.36. The summed E-state index contributed by atoms with van der Waals surface area (Å²) < 4.78 is 1.97. The standard InChI is InChI=1S/C27H24ClN3O2/c1-18(19-7-3-2-4-8-19)30-16-21(15-26(30)33)27-29-23-9-5-6-10-24(23)31(27)17-25(32)20-11-13-22(28)14-12-20/h2-14,18,21H,15-17H2,1H3. The van der Waals surface area contributed by atoms with Crippen LogP contribution in [0.4, 0.5) is 0 Å². The van der Waals surface area contributed by atoms with Crippen molar-refractivity contribution in [1.29, 1.82) is 0 Å². The van der Waals surface area contributed by atoms with Gasteiger partial charge in [0.2, 0.25) is 5.91 Å². The minimum absolute atomic E-state index is 0.0165. The number of fused-ring (bicyclic) bond motifs is 1. The number of hydrogen-bond acceptors (Lipinski definition) is 3. The number of imidazole rings is 1. The monoisotopic (exact) mass is 457 g/mol. The average molecular weight is 458 g/mol. The first-order chi connectivity index (χ1) is 16.0. The fourth-order valence-corrected chi connectivity index (χ4v) is 4.76. The minimum atomic E-state index is -0.0749. The summed E-state index contributed by atoms with van der Waals surface area (Å²) in [4.78, 5) is 32.9. The maximum atomic E-state index is 13.1. The molecule has 166 valence electrons. The third kappa shape index (κ3) is 4.16. The van der Waals surface area contributed by atoms with Gasteiger partial charge in [-0.05, 0) is 48.9 Å². The average Bonchev–Trinajstić information content (AvgIpc) is 3.40. The summed E-state index contributed by atoms with van der Waals surface area (Å²) in [5.41, 5.74) is 3.44. The van der Waals surface area contributed by atoms with Crippen LogP contribution in [0.1, 0.15) is 47.1 Å². The van der Waals surface area contributed by atoms with Crippen LogP contribution in [0.5, 0.6) is 0 Å². The Morgan fingerprint density at radius 3 is 2.48 bits per heavy atom. The predicted molar refractivity (Wildman–Crippen MR) is 129 cm³/mol. The first-order valence-electron chi connectivity index (χ1n) is 11.1. The van der Waals surface area contributed by atoms with Crippen LogP contribution in [0.2, 0.25) is 5.02 Å². The Morgan fingerprint density at radius 2 is 1.73 bits per heavy atom. The summed E-state index contributed by atoms with van der Waals surface area (Å²) in [6.07, 6.45) is 0.385. The quantitative estimate of drug-likeness (QED) is 0.351. The largest absolute Gasteiger partial charge is 0.335 e. The van der Waals surface area contributed by atoms with E-state index >= 15 is 0 Å². The molecule has 1 aromatic heterocycles. The van der Waals surface area contributed by atoms with Crippen LogP contribution < -0.4 is 0 Å². The van der Waals surface area contributed by atoms with Crippen molar-refractivity contribution in [2.45, 2.75) is 31.8 Å². The van der Waals surface area contributed by atoms with Crippen molar-refractivity contribution in [3.8, 4) is 0 Å². The van der Waals surface area contributed by atoms with Gasteiger partial charge < -0.3 is 9.47 Å². The fraction of sp³-hybridized carbons (Fsp3) is 0.222. The topological polar surface area (TPSA) is 55.2 Å². The number of hydrogen-bond donors (Lipinski definition) is 0. The van der Waals surface area contributed by atoms with Gasteiger partial charge in [-0.3, -0.25) is 9.59 Å². The van der Waals surface area contributed by atoms with Crippen molar-refractivity contribution in [3.63, 3.8) is 0 Å². The lowest BCUT2D eigenvalue weighted by Crippen LogP contribution is -2.28. The molecule has 0 aliphatic carbocycles. The van der Waals surface area contributed by atoms with E-state index in [1.165, 1.54) is 0 Å². The van der Waals surface area contributed by atoms with E-state index < -0.39 is 0 Å². The first kappa shape index (κ1) is 21.4. The summed E-state index contributed by atoms with van der Waals surface area (Å²) in [6, 6.07) is 24.8. The molecular weight excluding hydrogens is 434 g/mol. The molecule has 2 heterocycles. The van der Waals surface area contributed by atoms with Gasteiger partial charge in [-0.1, -0.05) is 54.1 Å². The molecule has 2 atom stereocenters. The molecule has 1 saturated heterocycles. The zero-order chi connectivity index (χ0) is 22.9. The van der Waals surface area contributed by atoms with Gasteiger partial charge in [0, 0.05) is 29.5 Å². The zero-order valence-corrected chi connectivity index (χ0v) is 19.1. The van der Waals surface area contributed by atoms with Crippen LogP contribution in [-0.2, 0) is 11.3 Å². The highest BCUT2D eigenvalue weighted by atomic mass is 35.5. The molecule has 0 saturated carbocycles. The second-order valence-electron chi connectivity index (χ2n) is 8.51. The molecule has 1 aliphatic heterocycles. The lowest BCUT2D eigenvalue weighted by Gasteiger charge is -2.25. The van der Waals surface area contributed by atoms with Gasteiger partial charge in [-0.15, -0.1) is 0 Å². The normalized spacial score (nSPS) is 17.0. The number of amides is 1. The summed E-state index contributed by atoms with van der Waals surface area (Å²) >= 11 is 5.98. The summed E-state index contributed by atoms with van der Waals surface area (Å²) in [5, 5.41) is 0.595. The third-order valence-electron chi connectivity index (χ3n) is 6.43. The van der Waals surface area contributed by atoms with Crippen LogP contribution in [-0.4, -0.2) is 32.7 Å². The number of carbonyl (C=O) groups is 2. The molecule has 2 unspecified atom stereocenters. The lowest BCUT2D eigenvalue weighted by molar-refractivity contribution is -0.129. The number of nitrogens with zero attached hydrogens (tertiary/aromatic N) is 3. The Kier molecular flexibility index (Phi) is 5.73. The molecule has 1 aliphatic rings. The molecular formula is C27H24ClN3O2. The molecule has 0 spiro atoms. The third-order valence-corrected chi connectivity index (χ3v) is 6.68. The summed E-state index contributed by atoms with van der Waals surface area (Å²) in [7, 11) is 0. The molecule has 0 bridgehead atoms. The Hall–Kier alpha value is -3.44. The van der Waals surface area contributed by atoms with Crippen LogP contribution in [0.15, 0.2) is 78.9 Å². The van der Waals surface area contributed by atoms with E-state index in [-0.39, 0.29) is 30.2 Å². The van der Waals surface area contributed by atoms with E-state index in [1.807, 2.05) is 64.1 Å². The molecule has 3 aromatic carbocycles. The van der Waals surface area contributed by atoms with Crippen molar-refractivity contribution >= 4 is 34.3 Å². The number of Topliss-reactive ketones (excluding diaryl/α,β-unsaturated/α-hetero) is 1. The maximum absolute atomic E-state index is 13.1.